The molecule has 0 amide bonds. The van der Waals surface area contributed by atoms with Gasteiger partial charge in [-0.2, -0.15) is 0 Å². The van der Waals surface area contributed by atoms with Crippen LogP contribution in [0.4, 0.5) is 17.1 Å². The van der Waals surface area contributed by atoms with Gasteiger partial charge in [-0.15, -0.1) is 11.3 Å². The van der Waals surface area contributed by atoms with E-state index in [9.17, 15) is 6.85 Å². The minimum atomic E-state index is -0.705. The van der Waals surface area contributed by atoms with Gasteiger partial charge >= 0.3 is 0 Å². The molecule has 0 spiro atoms. The number of hydrogen-bond acceptors (Lipinski definition) is 2. The van der Waals surface area contributed by atoms with Gasteiger partial charge in [0.15, 0.2) is 0 Å². The van der Waals surface area contributed by atoms with Crippen LogP contribution in [0.15, 0.2) is 261 Å². The number of fused-ring (bicyclic) bond motifs is 7. The average Bonchev–Trinajstić information content (AvgIpc) is 3.93. The van der Waals surface area contributed by atoms with Crippen molar-refractivity contribution in [2.75, 3.05) is 4.90 Å². The lowest BCUT2D eigenvalue weighted by Gasteiger charge is -2.34. The minimum absolute atomic E-state index is 0.00553. The van der Waals surface area contributed by atoms with E-state index in [0.717, 1.165) is 77.7 Å². The molecule has 314 valence electrons. The molecule has 1 nitrogen and oxygen atoms in total. The van der Waals surface area contributed by atoms with E-state index in [1.807, 2.05) is 102 Å². The summed E-state index contributed by atoms with van der Waals surface area (Å²) in [5.41, 5.74) is 9.87. The van der Waals surface area contributed by atoms with Gasteiger partial charge in [-0.05, 0) is 109 Å². The highest BCUT2D eigenvalue weighted by Crippen LogP contribution is 2.57. The maximum Gasteiger partial charge on any atom is 0.0713 e. The summed E-state index contributed by atoms with van der Waals surface area (Å²) in [4.78, 5) is 1.81. The van der Waals surface area contributed by atoms with E-state index < -0.39 is 59.8 Å². The first-order chi connectivity index (χ1) is 37.8. The molecule has 0 N–H and O–H groups in total. The third-order valence-corrected chi connectivity index (χ3v) is 14.2. The number of benzene rings is 11. The summed E-state index contributed by atoms with van der Waals surface area (Å²) in [6.07, 6.45) is 0. The lowest BCUT2D eigenvalue weighted by atomic mass is 9.67. The van der Waals surface area contributed by atoms with Gasteiger partial charge in [-0.25, -0.2) is 0 Å². The van der Waals surface area contributed by atoms with Crippen molar-refractivity contribution in [1.29, 1.82) is 0 Å². The Kier molecular flexibility index (Phi) is 6.99. The van der Waals surface area contributed by atoms with Crippen LogP contribution in [0.25, 0.3) is 75.5 Å². The van der Waals surface area contributed by atoms with Gasteiger partial charge in [0.25, 0.3) is 0 Å². The Bertz CT molecular complexity index is 4390. The first-order valence-corrected chi connectivity index (χ1v) is 23.0. The zero-order valence-electron chi connectivity index (χ0n) is 46.8. The lowest BCUT2D eigenvalue weighted by Crippen LogP contribution is -2.28. The van der Waals surface area contributed by atoms with E-state index in [2.05, 4.69) is 97.1 Å². The molecule has 1 aromatic heterocycles. The Balaban J connectivity index is 1.12. The monoisotopic (exact) mass is 880 g/mol. The zero-order chi connectivity index (χ0) is 53.9. The van der Waals surface area contributed by atoms with Gasteiger partial charge in [-0.1, -0.05) is 218 Å². The SMILES string of the molecule is [2H]c1c([2H])c(N(c2cc(-c3ccccc3)ccc2-c2ccccc2)c2cccc3cc(C4(c5ccccc5)c5ccccc5-c5ccccc54)ccc23)c([2H])c([2H])c1-c1c([2H])c([2H])c([2H])c2sc3c([2H])c([2H])c([2H])c([2H])c3c12. The first kappa shape index (κ1) is 29.3. The molecule has 0 saturated heterocycles. The molecule has 1 aliphatic carbocycles. The maximum atomic E-state index is 10.2. The topological polar surface area (TPSA) is 3.24 Å². The molecule has 0 atom stereocenters. The van der Waals surface area contributed by atoms with Crippen LogP contribution < -0.4 is 4.90 Å². The summed E-state index contributed by atoms with van der Waals surface area (Å²) in [6.45, 7) is 0. The molecule has 0 unspecified atom stereocenters. The van der Waals surface area contributed by atoms with Gasteiger partial charge < -0.3 is 4.90 Å². The van der Waals surface area contributed by atoms with Crippen molar-refractivity contribution in [2.24, 2.45) is 0 Å². The van der Waals surface area contributed by atoms with E-state index in [1.165, 1.54) is 0 Å². The first-order valence-electron chi connectivity index (χ1n) is 27.7. The molecular weight excluding hydrogens is 827 g/mol. The Morgan fingerprint density at radius 3 is 1.78 bits per heavy atom. The maximum absolute atomic E-state index is 10.2. The van der Waals surface area contributed by atoms with Crippen molar-refractivity contribution in [3.05, 3.63) is 283 Å². The summed E-state index contributed by atoms with van der Waals surface area (Å²) < 4.78 is 103. The average molecular weight is 881 g/mol. The van der Waals surface area contributed by atoms with E-state index in [1.54, 1.807) is 0 Å². The molecule has 1 heterocycles. The number of thiophene rings is 1. The van der Waals surface area contributed by atoms with Gasteiger partial charge in [0, 0.05) is 36.8 Å². The van der Waals surface area contributed by atoms with Crippen LogP contribution in [0.5, 0.6) is 0 Å². The molecule has 0 fully saturated rings. The lowest BCUT2D eigenvalue weighted by molar-refractivity contribution is 0.770. The fourth-order valence-corrected chi connectivity index (χ4v) is 11.2. The van der Waals surface area contributed by atoms with Crippen LogP contribution in [0.2, 0.25) is 0 Å². The predicted molar refractivity (Wildman–Crippen MR) is 285 cm³/mol. The van der Waals surface area contributed by atoms with Crippen LogP contribution in [-0.2, 0) is 5.41 Å². The quantitative estimate of drug-likeness (QED) is 0.147. The van der Waals surface area contributed by atoms with Gasteiger partial charge in [0.05, 0.1) is 31.9 Å². The standard InChI is InChI=1S/C65H43NS/c1-4-18-44(19-5-1)47-36-40-52(45-20-6-2-7-21-45)61(43-47)66(51-38-34-46(35-39-51)54-28-17-33-63-64(54)57-27-12-15-32-62(57)67-63)60-31-16-22-48-42-50(37-41-53(48)60)65(49-23-8-3-9-24-49)58-29-13-10-25-55(58)56-26-11-14-30-59(56)65/h1-43H/i12D,15D,17D,27D,28D,32D,33D,34D,35D,38D,39D. The van der Waals surface area contributed by atoms with Crippen LogP contribution >= 0.6 is 11.3 Å². The molecule has 0 aliphatic heterocycles. The summed E-state index contributed by atoms with van der Waals surface area (Å²) in [5.74, 6) is 0. The smallest absolute Gasteiger partial charge is 0.0713 e. The van der Waals surface area contributed by atoms with Crippen molar-refractivity contribution in [3.8, 4) is 44.5 Å². The highest BCUT2D eigenvalue weighted by atomic mass is 32.1. The summed E-state index contributed by atoms with van der Waals surface area (Å²) in [5, 5.41) is 1.60. The second kappa shape index (κ2) is 16.0. The van der Waals surface area contributed by atoms with E-state index >= 15 is 0 Å². The Hall–Kier alpha value is -8.30. The van der Waals surface area contributed by atoms with Crippen LogP contribution in [0, 0.1) is 0 Å². The van der Waals surface area contributed by atoms with E-state index in [0.29, 0.717) is 11.4 Å². The van der Waals surface area contributed by atoms with Crippen LogP contribution in [-0.4, -0.2) is 0 Å². The minimum Gasteiger partial charge on any atom is -0.309 e. The number of hydrogen-bond donors (Lipinski definition) is 0. The molecule has 0 bridgehead atoms. The van der Waals surface area contributed by atoms with Crippen molar-refractivity contribution in [1.82, 2.24) is 0 Å². The highest BCUT2D eigenvalue weighted by Gasteiger charge is 2.46. The summed E-state index contributed by atoms with van der Waals surface area (Å²) in [6, 6.07) is 60.5. The molecule has 1 aliphatic rings. The van der Waals surface area contributed by atoms with Crippen molar-refractivity contribution < 1.29 is 15.1 Å². The van der Waals surface area contributed by atoms with E-state index in [4.69, 9.17) is 8.22 Å². The zero-order valence-corrected chi connectivity index (χ0v) is 36.6. The van der Waals surface area contributed by atoms with Gasteiger partial charge in [-0.3, -0.25) is 0 Å². The molecule has 11 aromatic carbocycles. The molecule has 2 heteroatoms. The second-order valence-corrected chi connectivity index (χ2v) is 17.7. The summed E-state index contributed by atoms with van der Waals surface area (Å²) in [7, 11) is 0. The third kappa shape index (κ3) is 6.29. The highest BCUT2D eigenvalue weighted by molar-refractivity contribution is 7.25. The normalized spacial score (nSPS) is 14.9. The van der Waals surface area contributed by atoms with Crippen LogP contribution in [0.3, 0.4) is 0 Å². The van der Waals surface area contributed by atoms with Gasteiger partial charge in [0.2, 0.25) is 0 Å². The Morgan fingerprint density at radius 2 is 1.03 bits per heavy atom. The van der Waals surface area contributed by atoms with Crippen molar-refractivity contribution in [2.45, 2.75) is 5.41 Å². The molecule has 12 aromatic rings. The van der Waals surface area contributed by atoms with Gasteiger partial charge in [0.1, 0.15) is 0 Å². The van der Waals surface area contributed by atoms with Crippen molar-refractivity contribution in [3.63, 3.8) is 0 Å². The van der Waals surface area contributed by atoms with Crippen molar-refractivity contribution >= 4 is 59.3 Å². The molecule has 67 heavy (non-hydrogen) atoms. The van der Waals surface area contributed by atoms with Crippen LogP contribution in [0.1, 0.15) is 37.3 Å². The summed E-state index contributed by atoms with van der Waals surface area (Å²) >= 11 is 0.881. The fourth-order valence-electron chi connectivity index (χ4n) is 10.3. The molecular formula is C65H43NS. The Labute approximate surface area is 410 Å². The predicted octanol–water partition coefficient (Wildman–Crippen LogP) is 18.0. The number of nitrogens with zero attached hydrogens (tertiary/aromatic N) is 1. The fraction of sp³-hybridized carbons (Fsp3) is 0.0154. The Morgan fingerprint density at radius 1 is 0.373 bits per heavy atom. The number of anilines is 3. The second-order valence-electron chi connectivity index (χ2n) is 16.7. The number of rotatable bonds is 8. The molecule has 0 radical (unpaired) electrons. The largest absolute Gasteiger partial charge is 0.309 e. The molecule has 13 rings (SSSR count). The third-order valence-electron chi connectivity index (χ3n) is 13.2. The van der Waals surface area contributed by atoms with E-state index in [-0.39, 0.29) is 49.1 Å². The molecule has 0 saturated carbocycles.